The Labute approximate surface area is 161 Å². The van der Waals surface area contributed by atoms with Gasteiger partial charge in [0.1, 0.15) is 0 Å². The summed E-state index contributed by atoms with van der Waals surface area (Å²) in [6, 6.07) is 9.86. The van der Waals surface area contributed by atoms with Gasteiger partial charge in [0, 0.05) is 17.6 Å². The van der Waals surface area contributed by atoms with Gasteiger partial charge in [0.15, 0.2) is 0 Å². The van der Waals surface area contributed by atoms with Crippen molar-refractivity contribution in [3.8, 4) is 0 Å². The third-order valence-electron chi connectivity index (χ3n) is 4.51. The van der Waals surface area contributed by atoms with Crippen molar-refractivity contribution in [2.45, 2.75) is 33.4 Å². The maximum absolute atomic E-state index is 12.9. The van der Waals surface area contributed by atoms with E-state index in [2.05, 4.69) is 5.32 Å². The number of alkyl halides is 3. The fourth-order valence-corrected chi connectivity index (χ4v) is 3.11. The Morgan fingerprint density at radius 1 is 1.07 bits per heavy atom. The van der Waals surface area contributed by atoms with Crippen LogP contribution < -0.4 is 10.4 Å². The molecule has 150 valence electrons. The van der Waals surface area contributed by atoms with Crippen LogP contribution in [0.3, 0.4) is 0 Å². The van der Waals surface area contributed by atoms with E-state index in [1.165, 1.54) is 19.1 Å². The minimum Gasteiger partial charge on any atom is -0.550 e. The van der Waals surface area contributed by atoms with Crippen LogP contribution in [0.25, 0.3) is 0 Å². The highest BCUT2D eigenvalue weighted by molar-refractivity contribution is 5.95. The van der Waals surface area contributed by atoms with Gasteiger partial charge in [-0.05, 0) is 44.0 Å². The number of carbonyl (C=O) groups excluding carboxylic acids is 2. The molecule has 2 aromatic carbocycles. The predicted octanol–water partition coefficient (Wildman–Crippen LogP) is 3.51. The number of amides is 1. The molecule has 0 aliphatic carbocycles. The maximum atomic E-state index is 12.9. The minimum atomic E-state index is -4.54. The van der Waals surface area contributed by atoms with E-state index >= 15 is 0 Å². The number of anilines is 1. The van der Waals surface area contributed by atoms with Gasteiger partial charge < -0.3 is 15.2 Å². The molecule has 28 heavy (non-hydrogen) atoms. The van der Waals surface area contributed by atoms with Crippen molar-refractivity contribution in [3.63, 3.8) is 0 Å². The molecule has 0 aliphatic rings. The number of rotatable bonds is 6. The molecule has 0 bridgehead atoms. The average Bonchev–Trinajstić information content (AvgIpc) is 2.57. The summed E-state index contributed by atoms with van der Waals surface area (Å²) < 4.78 is 38.6. The lowest BCUT2D eigenvalue weighted by Gasteiger charge is -2.24. The molecule has 0 fully saturated rings. The van der Waals surface area contributed by atoms with Crippen LogP contribution in [0.15, 0.2) is 42.5 Å². The van der Waals surface area contributed by atoms with E-state index in [0.29, 0.717) is 0 Å². The standard InChI is InChI=1S/C21H22F3NO3/c1-12-7-13(2)9-15(8-12)10-18(14(3)20(27)28)19(26)25-17-6-4-5-16(11-17)21(22,23)24/h4-9,11,14,18H,10H2,1-3H3,(H,25,26)(H,27,28)/p-1/t14-,18+/m0/s1. The molecule has 1 amide bonds. The van der Waals surface area contributed by atoms with Gasteiger partial charge in [-0.15, -0.1) is 0 Å². The van der Waals surface area contributed by atoms with E-state index in [0.717, 1.165) is 28.8 Å². The summed E-state index contributed by atoms with van der Waals surface area (Å²) in [6.07, 6.45) is -4.42. The van der Waals surface area contributed by atoms with Gasteiger partial charge in [-0.25, -0.2) is 0 Å². The molecular weight excluding hydrogens is 371 g/mol. The number of carbonyl (C=O) groups is 2. The van der Waals surface area contributed by atoms with Crippen LogP contribution in [0, 0.1) is 25.7 Å². The van der Waals surface area contributed by atoms with Crippen molar-refractivity contribution in [2.24, 2.45) is 11.8 Å². The number of nitrogens with one attached hydrogen (secondary N) is 1. The molecule has 0 aromatic heterocycles. The van der Waals surface area contributed by atoms with Crippen LogP contribution in [-0.4, -0.2) is 11.9 Å². The Bertz CT molecular complexity index is 857. The van der Waals surface area contributed by atoms with Crippen molar-refractivity contribution in [1.29, 1.82) is 0 Å². The first-order valence-corrected chi connectivity index (χ1v) is 8.73. The molecule has 4 nitrogen and oxygen atoms in total. The molecular formula is C21H21F3NO3-. The van der Waals surface area contributed by atoms with Crippen LogP contribution >= 0.6 is 0 Å². The fourth-order valence-electron chi connectivity index (χ4n) is 3.11. The van der Waals surface area contributed by atoms with Crippen LogP contribution in [-0.2, 0) is 22.2 Å². The Balaban J connectivity index is 2.28. The normalized spacial score (nSPS) is 13.6. The van der Waals surface area contributed by atoms with Crippen molar-refractivity contribution in [1.82, 2.24) is 0 Å². The lowest BCUT2D eigenvalue weighted by atomic mass is 9.86. The second-order valence-corrected chi connectivity index (χ2v) is 6.98. The molecule has 2 aromatic rings. The Morgan fingerprint density at radius 2 is 1.68 bits per heavy atom. The molecule has 0 spiro atoms. The van der Waals surface area contributed by atoms with E-state index in [9.17, 15) is 27.9 Å². The summed E-state index contributed by atoms with van der Waals surface area (Å²) in [4.78, 5) is 24.1. The molecule has 2 rings (SSSR count). The van der Waals surface area contributed by atoms with Crippen molar-refractivity contribution in [2.75, 3.05) is 5.32 Å². The van der Waals surface area contributed by atoms with Crippen LogP contribution in [0.1, 0.15) is 29.2 Å². The molecule has 7 heteroatoms. The SMILES string of the molecule is Cc1cc(C)cc(C[C@@H](C(=O)Nc2cccc(C(F)(F)F)c2)[C@H](C)C(=O)[O-])c1. The van der Waals surface area contributed by atoms with Gasteiger partial charge >= 0.3 is 6.18 Å². The number of aryl methyl sites for hydroxylation is 2. The Morgan fingerprint density at radius 3 is 2.21 bits per heavy atom. The highest BCUT2D eigenvalue weighted by Crippen LogP contribution is 2.31. The van der Waals surface area contributed by atoms with E-state index < -0.39 is 35.5 Å². The third-order valence-corrected chi connectivity index (χ3v) is 4.51. The summed E-state index contributed by atoms with van der Waals surface area (Å²) >= 11 is 0. The van der Waals surface area contributed by atoms with Gasteiger partial charge in [-0.1, -0.05) is 42.3 Å². The summed E-state index contributed by atoms with van der Waals surface area (Å²) in [7, 11) is 0. The number of aliphatic carboxylic acids is 1. The zero-order valence-corrected chi connectivity index (χ0v) is 15.8. The molecule has 0 radical (unpaired) electrons. The molecule has 0 saturated carbocycles. The number of benzene rings is 2. The van der Waals surface area contributed by atoms with E-state index in [-0.39, 0.29) is 12.1 Å². The number of hydrogen-bond acceptors (Lipinski definition) is 3. The van der Waals surface area contributed by atoms with Gasteiger partial charge in [0.25, 0.3) is 0 Å². The van der Waals surface area contributed by atoms with Crippen molar-refractivity contribution in [3.05, 3.63) is 64.7 Å². The van der Waals surface area contributed by atoms with E-state index in [4.69, 9.17) is 0 Å². The molecule has 0 aliphatic heterocycles. The molecule has 0 saturated heterocycles. The summed E-state index contributed by atoms with van der Waals surface area (Å²) in [5, 5.41) is 13.8. The maximum Gasteiger partial charge on any atom is 0.416 e. The summed E-state index contributed by atoms with van der Waals surface area (Å²) in [6.45, 7) is 5.13. The second kappa shape index (κ2) is 8.46. The third kappa shape index (κ3) is 5.58. The highest BCUT2D eigenvalue weighted by atomic mass is 19.4. The zero-order valence-electron chi connectivity index (χ0n) is 15.8. The molecule has 0 heterocycles. The molecule has 2 atom stereocenters. The van der Waals surface area contributed by atoms with Gasteiger partial charge in [-0.3, -0.25) is 4.79 Å². The largest absolute Gasteiger partial charge is 0.550 e. The van der Waals surface area contributed by atoms with E-state index in [1.54, 1.807) is 0 Å². The summed E-state index contributed by atoms with van der Waals surface area (Å²) in [5.41, 5.74) is 1.76. The highest BCUT2D eigenvalue weighted by Gasteiger charge is 2.31. The first kappa shape index (κ1) is 21.5. The minimum absolute atomic E-state index is 0.0456. The molecule has 0 unspecified atom stereocenters. The number of carboxylic acid groups (broad SMARTS) is 1. The molecule has 1 N–H and O–H groups in total. The van der Waals surface area contributed by atoms with E-state index in [1.807, 2.05) is 32.0 Å². The first-order valence-electron chi connectivity index (χ1n) is 8.73. The summed E-state index contributed by atoms with van der Waals surface area (Å²) in [5.74, 6) is -4.18. The lowest BCUT2D eigenvalue weighted by molar-refractivity contribution is -0.312. The van der Waals surface area contributed by atoms with Crippen molar-refractivity contribution >= 4 is 17.6 Å². The monoisotopic (exact) mass is 392 g/mol. The van der Waals surface area contributed by atoms with Crippen LogP contribution in [0.4, 0.5) is 18.9 Å². The van der Waals surface area contributed by atoms with Crippen LogP contribution in [0.5, 0.6) is 0 Å². The Hall–Kier alpha value is -2.83. The van der Waals surface area contributed by atoms with Crippen LogP contribution in [0.2, 0.25) is 0 Å². The Kier molecular flexibility index (Phi) is 6.48. The first-order chi connectivity index (χ1) is 13.0. The fraction of sp³-hybridized carbons (Fsp3) is 0.333. The van der Waals surface area contributed by atoms with Gasteiger partial charge in [0.2, 0.25) is 5.91 Å². The topological polar surface area (TPSA) is 69.2 Å². The average molecular weight is 392 g/mol. The zero-order chi connectivity index (χ0) is 21.1. The number of carboxylic acids is 1. The van der Waals surface area contributed by atoms with Crippen molar-refractivity contribution < 1.29 is 27.9 Å². The smallest absolute Gasteiger partial charge is 0.416 e. The lowest BCUT2D eigenvalue weighted by Crippen LogP contribution is -2.40. The quantitative estimate of drug-likeness (QED) is 0.818. The van der Waals surface area contributed by atoms with Gasteiger partial charge in [-0.2, -0.15) is 13.2 Å². The predicted molar refractivity (Wildman–Crippen MR) is 97.4 cm³/mol. The second-order valence-electron chi connectivity index (χ2n) is 6.98. The number of halogens is 3. The number of hydrogen-bond donors (Lipinski definition) is 1. The van der Waals surface area contributed by atoms with Gasteiger partial charge in [0.05, 0.1) is 11.5 Å².